The number of furan rings is 1. The fraction of sp³-hybridized carbons (Fsp3) is 0.154. The maximum atomic E-state index is 11.7. The first-order chi connectivity index (χ1) is 9.15. The highest BCUT2D eigenvalue weighted by Gasteiger charge is 2.07. The van der Waals surface area contributed by atoms with Crippen LogP contribution in [0.15, 0.2) is 40.1 Å². The van der Waals surface area contributed by atoms with Crippen LogP contribution in [0.2, 0.25) is 0 Å². The summed E-state index contributed by atoms with van der Waals surface area (Å²) in [4.78, 5) is 11.7. The van der Waals surface area contributed by atoms with Gasteiger partial charge in [0.2, 0.25) is 0 Å². The van der Waals surface area contributed by atoms with E-state index in [4.69, 9.17) is 4.42 Å². The first-order valence-corrected chi connectivity index (χ1v) is 5.73. The summed E-state index contributed by atoms with van der Waals surface area (Å²) in [5, 5.41) is 10.5. The topological polar surface area (TPSA) is 83.3 Å². The van der Waals surface area contributed by atoms with Crippen LogP contribution in [-0.2, 0) is 0 Å². The molecule has 19 heavy (non-hydrogen) atoms. The zero-order valence-electron chi connectivity index (χ0n) is 10.7. The highest BCUT2D eigenvalue weighted by Crippen LogP contribution is 2.02. The lowest BCUT2D eigenvalue weighted by Crippen LogP contribution is -2.19. The van der Waals surface area contributed by atoms with Crippen molar-refractivity contribution in [3.05, 3.63) is 47.7 Å². The van der Waals surface area contributed by atoms with E-state index < -0.39 is 0 Å². The van der Waals surface area contributed by atoms with Gasteiger partial charge in [0, 0.05) is 5.69 Å². The molecule has 0 radical (unpaired) electrons. The third kappa shape index (κ3) is 3.67. The minimum atomic E-state index is -0.352. The van der Waals surface area contributed by atoms with Gasteiger partial charge in [-0.1, -0.05) is 0 Å². The minimum absolute atomic E-state index is 0.309. The maximum Gasteiger partial charge on any atom is 0.291 e. The first kappa shape index (κ1) is 12.8. The van der Waals surface area contributed by atoms with Crippen LogP contribution in [0.4, 0.5) is 0 Å². The molecule has 0 saturated carbocycles. The predicted octanol–water partition coefficient (Wildman–Crippen LogP) is 2.13. The van der Waals surface area contributed by atoms with E-state index >= 15 is 0 Å². The average Bonchev–Trinajstić information content (AvgIpc) is 3.04. The normalized spacial score (nSPS) is 12.0. The second-order valence-corrected chi connectivity index (χ2v) is 3.98. The lowest BCUT2D eigenvalue weighted by atomic mass is 10.3. The second kappa shape index (κ2) is 5.81. The molecule has 6 heteroatoms. The molecule has 2 rings (SSSR count). The van der Waals surface area contributed by atoms with E-state index in [9.17, 15) is 4.79 Å². The van der Waals surface area contributed by atoms with Gasteiger partial charge in [0.05, 0.1) is 12.0 Å². The van der Waals surface area contributed by atoms with Crippen LogP contribution < -0.4 is 5.43 Å². The van der Waals surface area contributed by atoms with Crippen molar-refractivity contribution >= 4 is 17.7 Å². The molecule has 0 saturated heterocycles. The smallest absolute Gasteiger partial charge is 0.291 e. The molecule has 0 aliphatic rings. The zero-order chi connectivity index (χ0) is 13.7. The van der Waals surface area contributed by atoms with Crippen molar-refractivity contribution in [2.24, 2.45) is 5.10 Å². The summed E-state index contributed by atoms with van der Waals surface area (Å²) >= 11 is 0. The van der Waals surface area contributed by atoms with Crippen molar-refractivity contribution in [1.82, 2.24) is 15.6 Å². The number of aryl methyl sites for hydroxylation is 1. The van der Waals surface area contributed by atoms with Crippen LogP contribution in [0.25, 0.3) is 6.08 Å². The van der Waals surface area contributed by atoms with Crippen LogP contribution in [0.1, 0.15) is 28.9 Å². The average molecular weight is 258 g/mol. The molecule has 98 valence electrons. The van der Waals surface area contributed by atoms with Crippen molar-refractivity contribution in [2.75, 3.05) is 0 Å². The Morgan fingerprint density at radius 1 is 1.58 bits per heavy atom. The van der Waals surface area contributed by atoms with E-state index in [-0.39, 0.29) is 5.91 Å². The van der Waals surface area contributed by atoms with Crippen molar-refractivity contribution in [3.63, 3.8) is 0 Å². The third-order valence-electron chi connectivity index (χ3n) is 2.30. The summed E-state index contributed by atoms with van der Waals surface area (Å²) in [7, 11) is 0. The Bertz CT molecular complexity index is 608. The van der Waals surface area contributed by atoms with E-state index in [0.29, 0.717) is 11.4 Å². The van der Waals surface area contributed by atoms with Gasteiger partial charge in [0.1, 0.15) is 5.76 Å². The van der Waals surface area contributed by atoms with E-state index in [1.807, 2.05) is 13.0 Å². The molecular formula is C13H14N4O2. The van der Waals surface area contributed by atoms with Crippen LogP contribution in [0.5, 0.6) is 0 Å². The lowest BCUT2D eigenvalue weighted by molar-refractivity contribution is 0.0950. The van der Waals surface area contributed by atoms with Crippen molar-refractivity contribution < 1.29 is 9.21 Å². The number of carbonyl (C=O) groups is 1. The monoisotopic (exact) mass is 258 g/mol. The van der Waals surface area contributed by atoms with Gasteiger partial charge in [0.15, 0.2) is 5.69 Å². The van der Waals surface area contributed by atoms with E-state index in [1.54, 1.807) is 37.5 Å². The number of carbonyl (C=O) groups excluding carboxylic acids is 1. The highest BCUT2D eigenvalue weighted by molar-refractivity contribution is 5.98. The minimum Gasteiger partial charge on any atom is -0.465 e. The number of hydrogen-bond donors (Lipinski definition) is 2. The van der Waals surface area contributed by atoms with Crippen LogP contribution in [0, 0.1) is 6.92 Å². The Kier molecular flexibility index (Phi) is 3.92. The first-order valence-electron chi connectivity index (χ1n) is 5.73. The summed E-state index contributed by atoms with van der Waals surface area (Å²) in [5.74, 6) is 0.374. The molecule has 2 aromatic heterocycles. The third-order valence-corrected chi connectivity index (χ3v) is 2.30. The van der Waals surface area contributed by atoms with Gasteiger partial charge in [-0.25, -0.2) is 5.43 Å². The number of aromatic nitrogens is 2. The van der Waals surface area contributed by atoms with Gasteiger partial charge < -0.3 is 4.42 Å². The van der Waals surface area contributed by atoms with Gasteiger partial charge in [0.25, 0.3) is 5.91 Å². The molecule has 6 nitrogen and oxygen atoms in total. The fourth-order valence-corrected chi connectivity index (χ4v) is 1.36. The van der Waals surface area contributed by atoms with Gasteiger partial charge in [-0.15, -0.1) is 0 Å². The molecule has 0 aliphatic heterocycles. The largest absolute Gasteiger partial charge is 0.465 e. The van der Waals surface area contributed by atoms with Crippen molar-refractivity contribution in [1.29, 1.82) is 0 Å². The predicted molar refractivity (Wildman–Crippen MR) is 71.6 cm³/mol. The van der Waals surface area contributed by atoms with Gasteiger partial charge in [-0.05, 0) is 44.2 Å². The Labute approximate surface area is 110 Å². The molecule has 0 fully saturated rings. The number of rotatable bonds is 4. The lowest BCUT2D eigenvalue weighted by Gasteiger charge is -1.96. The summed E-state index contributed by atoms with van der Waals surface area (Å²) in [6.07, 6.45) is 5.10. The number of amides is 1. The summed E-state index contributed by atoms with van der Waals surface area (Å²) in [5.41, 5.74) is 4.21. The Morgan fingerprint density at radius 2 is 2.42 bits per heavy atom. The molecule has 2 heterocycles. The van der Waals surface area contributed by atoms with Gasteiger partial charge >= 0.3 is 0 Å². The molecule has 0 unspecified atom stereocenters. The number of allylic oxidation sites excluding steroid dienone is 1. The van der Waals surface area contributed by atoms with E-state index in [0.717, 1.165) is 11.5 Å². The molecule has 0 aromatic carbocycles. The summed E-state index contributed by atoms with van der Waals surface area (Å²) < 4.78 is 5.14. The molecular weight excluding hydrogens is 244 g/mol. The number of nitrogens with zero attached hydrogens (tertiary/aromatic N) is 2. The molecule has 0 atom stereocenters. The highest BCUT2D eigenvalue weighted by atomic mass is 16.3. The van der Waals surface area contributed by atoms with Crippen LogP contribution >= 0.6 is 0 Å². The maximum absolute atomic E-state index is 11.7. The van der Waals surface area contributed by atoms with Gasteiger partial charge in [-0.3, -0.25) is 9.89 Å². The van der Waals surface area contributed by atoms with Gasteiger partial charge in [-0.2, -0.15) is 10.2 Å². The van der Waals surface area contributed by atoms with E-state index in [2.05, 4.69) is 20.7 Å². The molecule has 1 amide bonds. The Balaban J connectivity index is 1.93. The number of nitrogens with one attached hydrogen (secondary N) is 2. The Hall–Kier alpha value is -2.63. The number of hydrazone groups is 1. The van der Waals surface area contributed by atoms with Crippen molar-refractivity contribution in [3.8, 4) is 0 Å². The fourth-order valence-electron chi connectivity index (χ4n) is 1.36. The second-order valence-electron chi connectivity index (χ2n) is 3.98. The zero-order valence-corrected chi connectivity index (χ0v) is 10.7. The molecule has 0 aliphatic carbocycles. The molecule has 2 N–H and O–H groups in total. The number of H-pyrrole nitrogens is 1. The molecule has 0 bridgehead atoms. The number of aromatic amines is 1. The molecule has 0 spiro atoms. The summed E-state index contributed by atoms with van der Waals surface area (Å²) in [6.45, 7) is 3.60. The summed E-state index contributed by atoms with van der Waals surface area (Å²) in [6, 6.07) is 5.28. The Morgan fingerprint density at radius 3 is 3.05 bits per heavy atom. The van der Waals surface area contributed by atoms with Crippen LogP contribution in [0.3, 0.4) is 0 Å². The number of hydrogen-bond acceptors (Lipinski definition) is 4. The quantitative estimate of drug-likeness (QED) is 0.651. The van der Waals surface area contributed by atoms with E-state index in [1.165, 1.54) is 0 Å². The van der Waals surface area contributed by atoms with Crippen molar-refractivity contribution in [2.45, 2.75) is 13.8 Å². The van der Waals surface area contributed by atoms with Crippen LogP contribution in [-0.4, -0.2) is 21.8 Å². The molecule has 2 aromatic rings. The standard InChI is InChI=1S/C13H14N4O2/c1-9(5-6-11-4-3-7-19-11)14-17-13(18)12-8-10(2)15-16-12/h3-8H,1-2H3,(H,15,16)(H,17,18). The SMILES string of the molecule is CC(C=Cc1ccco1)=NNC(=O)c1cc(C)[nH]n1.